The summed E-state index contributed by atoms with van der Waals surface area (Å²) in [6.07, 6.45) is 1.93. The molecule has 2 aromatic rings. The Morgan fingerprint density at radius 3 is 1.64 bits per heavy atom. The van der Waals surface area contributed by atoms with Gasteiger partial charge in [-0.3, -0.25) is 10.6 Å². The molecule has 0 saturated carbocycles. The summed E-state index contributed by atoms with van der Waals surface area (Å²) in [5, 5.41) is 6.82. The summed E-state index contributed by atoms with van der Waals surface area (Å²) < 4.78 is 11.9. The number of hydrogen-bond acceptors (Lipinski definition) is 4. The second kappa shape index (κ2) is 9.53. The van der Waals surface area contributed by atoms with E-state index in [4.69, 9.17) is 9.47 Å². The highest BCUT2D eigenvalue weighted by Crippen LogP contribution is 2.26. The van der Waals surface area contributed by atoms with E-state index < -0.39 is 0 Å². The molecule has 25 heavy (non-hydrogen) atoms. The van der Waals surface area contributed by atoms with Crippen LogP contribution in [0.3, 0.4) is 0 Å². The monoisotopic (exact) mass is 382 g/mol. The molecule has 0 spiro atoms. The Hall–Kier alpha value is -1.14. The first-order valence-corrected chi connectivity index (χ1v) is 8.27. The van der Waals surface area contributed by atoms with Crippen molar-refractivity contribution in [3.63, 3.8) is 0 Å². The van der Waals surface area contributed by atoms with Crippen LogP contribution in [0.15, 0.2) is 48.5 Å². The minimum atomic E-state index is -0.0845. The molecule has 0 fully saturated rings. The molecule has 2 aliphatic heterocycles. The van der Waals surface area contributed by atoms with Crippen molar-refractivity contribution in [2.24, 2.45) is 0 Å². The van der Waals surface area contributed by atoms with Gasteiger partial charge in [-0.25, -0.2) is 0 Å². The molecule has 0 aromatic heterocycles. The van der Waals surface area contributed by atoms with Crippen LogP contribution in [0.5, 0.6) is 0 Å². The topological polar surface area (TPSA) is 42.5 Å². The van der Waals surface area contributed by atoms with Crippen molar-refractivity contribution in [1.82, 2.24) is 10.6 Å². The van der Waals surface area contributed by atoms with Gasteiger partial charge < -0.3 is 9.47 Å². The molecule has 2 aliphatic rings. The molecular weight excluding hydrogens is 359 g/mol. The molecule has 0 bridgehead atoms. The van der Waals surface area contributed by atoms with Crippen LogP contribution in [-0.2, 0) is 22.3 Å². The van der Waals surface area contributed by atoms with Gasteiger partial charge in [0.05, 0.1) is 0 Å². The maximum Gasteiger partial charge on any atom is 0.151 e. The Morgan fingerprint density at radius 2 is 1.16 bits per heavy atom. The second-order valence-electron chi connectivity index (χ2n) is 6.02. The fraction of sp³-hybridized carbons (Fsp3) is 0.368. The van der Waals surface area contributed by atoms with Crippen LogP contribution < -0.4 is 10.6 Å². The van der Waals surface area contributed by atoms with E-state index in [1.807, 2.05) is 0 Å². The molecular formula is C19H24Cl2N2O2. The van der Waals surface area contributed by atoms with Crippen LogP contribution in [0.25, 0.3) is 0 Å². The first-order valence-electron chi connectivity index (χ1n) is 8.27. The molecule has 0 amide bonds. The molecule has 0 aliphatic carbocycles. The van der Waals surface area contributed by atoms with E-state index in [1.165, 1.54) is 22.3 Å². The van der Waals surface area contributed by atoms with Gasteiger partial charge in [-0.2, -0.15) is 0 Å². The van der Waals surface area contributed by atoms with E-state index in [0.29, 0.717) is 0 Å². The normalized spacial score (nSPS) is 21.3. The zero-order chi connectivity index (χ0) is 15.5. The SMILES string of the molecule is Cl.Cl.c1ccc2c(c1)CCNC2OCOC1NCCc2ccccc21. The van der Waals surface area contributed by atoms with Gasteiger partial charge in [-0.15, -0.1) is 24.8 Å². The predicted molar refractivity (Wildman–Crippen MR) is 103 cm³/mol. The summed E-state index contributed by atoms with van der Waals surface area (Å²) in [7, 11) is 0. The Kier molecular flexibility index (Phi) is 7.69. The van der Waals surface area contributed by atoms with E-state index in [-0.39, 0.29) is 44.1 Å². The van der Waals surface area contributed by atoms with Crippen molar-refractivity contribution in [3.8, 4) is 0 Å². The van der Waals surface area contributed by atoms with Crippen LogP contribution in [-0.4, -0.2) is 19.9 Å². The number of fused-ring (bicyclic) bond motifs is 2. The van der Waals surface area contributed by atoms with Crippen molar-refractivity contribution in [3.05, 3.63) is 70.8 Å². The highest BCUT2D eigenvalue weighted by atomic mass is 35.5. The average Bonchev–Trinajstić information content (AvgIpc) is 2.62. The fourth-order valence-corrected chi connectivity index (χ4v) is 3.40. The third-order valence-corrected chi connectivity index (χ3v) is 4.59. The molecule has 136 valence electrons. The van der Waals surface area contributed by atoms with Crippen molar-refractivity contribution in [1.29, 1.82) is 0 Å². The smallest absolute Gasteiger partial charge is 0.151 e. The number of hydrogen-bond donors (Lipinski definition) is 2. The molecule has 2 aromatic carbocycles. The lowest BCUT2D eigenvalue weighted by Gasteiger charge is -2.29. The minimum Gasteiger partial charge on any atom is -0.333 e. The largest absolute Gasteiger partial charge is 0.333 e. The lowest BCUT2D eigenvalue weighted by molar-refractivity contribution is -0.139. The lowest BCUT2D eigenvalue weighted by atomic mass is 10.00. The van der Waals surface area contributed by atoms with E-state index in [1.54, 1.807) is 0 Å². The molecule has 6 heteroatoms. The highest BCUT2D eigenvalue weighted by Gasteiger charge is 2.22. The van der Waals surface area contributed by atoms with Gasteiger partial charge in [0.25, 0.3) is 0 Å². The van der Waals surface area contributed by atoms with Gasteiger partial charge in [-0.05, 0) is 35.1 Å². The van der Waals surface area contributed by atoms with E-state index in [0.717, 1.165) is 25.9 Å². The Labute approximate surface area is 161 Å². The van der Waals surface area contributed by atoms with Crippen molar-refractivity contribution >= 4 is 24.8 Å². The van der Waals surface area contributed by atoms with Gasteiger partial charge in [0.15, 0.2) is 6.79 Å². The maximum absolute atomic E-state index is 5.95. The summed E-state index contributed by atoms with van der Waals surface area (Å²) >= 11 is 0. The molecule has 2 N–H and O–H groups in total. The Morgan fingerprint density at radius 1 is 0.720 bits per heavy atom. The summed E-state index contributed by atoms with van der Waals surface area (Å²) in [4.78, 5) is 0. The standard InChI is InChI=1S/C19H22N2O2.2ClH/c1-3-7-16-14(5-1)9-11-20-18(16)22-13-23-19-17-8-4-2-6-15(17)10-12-21-19;;/h1-8,18-21H,9-13H2;2*1H. The van der Waals surface area contributed by atoms with Gasteiger partial charge >= 0.3 is 0 Å². The minimum absolute atomic E-state index is 0. The second-order valence-corrected chi connectivity index (χ2v) is 6.02. The van der Waals surface area contributed by atoms with Gasteiger partial charge in [-0.1, -0.05) is 48.5 Å². The fourth-order valence-electron chi connectivity index (χ4n) is 3.40. The third kappa shape index (κ3) is 4.53. The lowest BCUT2D eigenvalue weighted by Crippen LogP contribution is -2.34. The molecule has 0 radical (unpaired) electrons. The summed E-state index contributed by atoms with van der Waals surface area (Å²) in [6.45, 7) is 2.14. The van der Waals surface area contributed by atoms with E-state index >= 15 is 0 Å². The molecule has 0 saturated heterocycles. The zero-order valence-electron chi connectivity index (χ0n) is 13.9. The van der Waals surface area contributed by atoms with Crippen molar-refractivity contribution in [2.75, 3.05) is 19.9 Å². The van der Waals surface area contributed by atoms with E-state index in [9.17, 15) is 0 Å². The van der Waals surface area contributed by atoms with Crippen LogP contribution >= 0.6 is 24.8 Å². The first kappa shape index (κ1) is 20.2. The Balaban J connectivity index is 0.00000113. The molecule has 2 atom stereocenters. The van der Waals surface area contributed by atoms with Crippen LogP contribution in [0.4, 0.5) is 0 Å². The first-order chi connectivity index (χ1) is 11.4. The third-order valence-electron chi connectivity index (χ3n) is 4.59. The van der Waals surface area contributed by atoms with Crippen molar-refractivity contribution in [2.45, 2.75) is 25.3 Å². The van der Waals surface area contributed by atoms with Crippen LogP contribution in [0, 0.1) is 0 Å². The molecule has 4 rings (SSSR count). The number of halogens is 2. The summed E-state index contributed by atoms with van der Waals surface area (Å²) in [6, 6.07) is 16.9. The molecule has 2 heterocycles. The van der Waals surface area contributed by atoms with E-state index in [2.05, 4.69) is 59.2 Å². The number of benzene rings is 2. The number of rotatable bonds is 4. The Bertz CT molecular complexity index is 626. The van der Waals surface area contributed by atoms with Crippen molar-refractivity contribution < 1.29 is 9.47 Å². The molecule has 4 nitrogen and oxygen atoms in total. The van der Waals surface area contributed by atoms with Gasteiger partial charge in [0.1, 0.15) is 12.5 Å². The summed E-state index contributed by atoms with van der Waals surface area (Å²) in [5.41, 5.74) is 5.16. The average molecular weight is 383 g/mol. The zero-order valence-corrected chi connectivity index (χ0v) is 15.6. The maximum atomic E-state index is 5.95. The van der Waals surface area contributed by atoms with Gasteiger partial charge in [0, 0.05) is 13.1 Å². The highest BCUT2D eigenvalue weighted by molar-refractivity contribution is 5.85. The predicted octanol–water partition coefficient (Wildman–Crippen LogP) is 3.51. The molecule has 2 unspecified atom stereocenters. The number of ether oxygens (including phenoxy) is 2. The summed E-state index contributed by atoms with van der Waals surface area (Å²) in [5.74, 6) is 0. The van der Waals surface area contributed by atoms with Gasteiger partial charge in [0.2, 0.25) is 0 Å². The quantitative estimate of drug-likeness (QED) is 0.793. The van der Waals surface area contributed by atoms with Crippen LogP contribution in [0.2, 0.25) is 0 Å². The van der Waals surface area contributed by atoms with Crippen LogP contribution in [0.1, 0.15) is 34.7 Å². The number of nitrogens with one attached hydrogen (secondary N) is 2.